The van der Waals surface area contributed by atoms with Crippen molar-refractivity contribution in [2.24, 2.45) is 5.92 Å². The Morgan fingerprint density at radius 3 is 2.78 bits per heavy atom. The maximum atomic E-state index is 12.7. The molecule has 1 saturated carbocycles. The van der Waals surface area contributed by atoms with Gasteiger partial charge in [0.2, 0.25) is 0 Å². The summed E-state index contributed by atoms with van der Waals surface area (Å²) in [5, 5.41) is 6.39. The number of carbonyl (C=O) groups excluding carboxylic acids is 2. The van der Waals surface area contributed by atoms with Crippen molar-refractivity contribution in [1.29, 1.82) is 0 Å². The normalized spacial score (nSPS) is 23.8. The minimum Gasteiger partial charge on any atom is -0.348 e. The third-order valence-corrected chi connectivity index (χ3v) is 6.27. The minimum absolute atomic E-state index is 0.0970. The number of likely N-dealkylation sites (tertiary alicyclic amines) is 1. The summed E-state index contributed by atoms with van der Waals surface area (Å²) < 4.78 is 0. The summed E-state index contributed by atoms with van der Waals surface area (Å²) in [7, 11) is 0. The molecule has 1 aromatic carbocycles. The Morgan fingerprint density at radius 1 is 1.22 bits per heavy atom. The van der Waals surface area contributed by atoms with Crippen molar-refractivity contribution in [3.05, 3.63) is 28.8 Å². The number of halogens is 1. The fourth-order valence-electron chi connectivity index (χ4n) is 4.51. The highest BCUT2D eigenvalue weighted by molar-refractivity contribution is 6.34. The Morgan fingerprint density at radius 2 is 2.04 bits per heavy atom. The van der Waals surface area contributed by atoms with E-state index in [0.29, 0.717) is 29.4 Å². The SMILES string of the molecule is O=C(N[C@@H]1CCN(CC2CCCC2)C1)c1ccc(Cl)c(N2CCNC2=O)c1. The van der Waals surface area contributed by atoms with Crippen molar-refractivity contribution in [2.45, 2.75) is 38.1 Å². The van der Waals surface area contributed by atoms with Gasteiger partial charge in [-0.1, -0.05) is 24.4 Å². The number of anilines is 1. The Labute approximate surface area is 165 Å². The second-order valence-electron chi connectivity index (χ2n) is 7.92. The van der Waals surface area contributed by atoms with Crippen LogP contribution in [0.2, 0.25) is 5.02 Å². The molecule has 6 nitrogen and oxygen atoms in total. The number of urea groups is 1. The molecular weight excluding hydrogens is 364 g/mol. The van der Waals surface area contributed by atoms with Crippen LogP contribution in [0.25, 0.3) is 0 Å². The summed E-state index contributed by atoms with van der Waals surface area (Å²) >= 11 is 6.26. The standard InChI is InChI=1S/C20H27ClN4O2/c21-17-6-5-15(11-18(17)25-10-8-22-20(25)27)19(26)23-16-7-9-24(13-16)12-14-3-1-2-4-14/h5-6,11,14,16H,1-4,7-10,12-13H2,(H,22,27)(H,23,26)/t16-/m1/s1. The van der Waals surface area contributed by atoms with Gasteiger partial charge in [0.25, 0.3) is 5.91 Å². The fourth-order valence-corrected chi connectivity index (χ4v) is 4.72. The Balaban J connectivity index is 1.36. The van der Waals surface area contributed by atoms with E-state index in [-0.39, 0.29) is 18.0 Å². The molecule has 0 unspecified atom stereocenters. The largest absolute Gasteiger partial charge is 0.348 e. The third-order valence-electron chi connectivity index (χ3n) is 5.95. The lowest BCUT2D eigenvalue weighted by Crippen LogP contribution is -2.38. The molecule has 2 heterocycles. The van der Waals surface area contributed by atoms with E-state index in [1.165, 1.54) is 32.2 Å². The number of nitrogens with one attached hydrogen (secondary N) is 2. The maximum Gasteiger partial charge on any atom is 0.322 e. The van der Waals surface area contributed by atoms with Crippen LogP contribution < -0.4 is 15.5 Å². The maximum absolute atomic E-state index is 12.7. The first-order valence-corrected chi connectivity index (χ1v) is 10.4. The molecule has 0 bridgehead atoms. The minimum atomic E-state index is -0.173. The van der Waals surface area contributed by atoms with E-state index >= 15 is 0 Å². The van der Waals surface area contributed by atoms with Gasteiger partial charge in [-0.05, 0) is 43.4 Å². The predicted molar refractivity (Wildman–Crippen MR) is 106 cm³/mol. The van der Waals surface area contributed by atoms with E-state index in [9.17, 15) is 9.59 Å². The van der Waals surface area contributed by atoms with E-state index < -0.39 is 0 Å². The van der Waals surface area contributed by atoms with Crippen LogP contribution in [-0.2, 0) is 0 Å². The Hall–Kier alpha value is -1.79. The van der Waals surface area contributed by atoms with Crippen LogP contribution in [-0.4, -0.2) is 55.6 Å². The number of amides is 3. The lowest BCUT2D eigenvalue weighted by molar-refractivity contribution is 0.0937. The summed E-state index contributed by atoms with van der Waals surface area (Å²) in [4.78, 5) is 28.7. The van der Waals surface area contributed by atoms with Gasteiger partial charge in [-0.3, -0.25) is 9.69 Å². The molecule has 4 rings (SSSR count). The second kappa shape index (κ2) is 8.07. The van der Waals surface area contributed by atoms with Crippen LogP contribution in [0.15, 0.2) is 18.2 Å². The molecule has 3 amide bonds. The zero-order valence-electron chi connectivity index (χ0n) is 15.5. The monoisotopic (exact) mass is 390 g/mol. The lowest BCUT2D eigenvalue weighted by atomic mass is 10.1. The van der Waals surface area contributed by atoms with Crippen molar-refractivity contribution in [2.75, 3.05) is 37.6 Å². The van der Waals surface area contributed by atoms with Gasteiger partial charge in [-0.15, -0.1) is 0 Å². The molecule has 146 valence electrons. The number of benzene rings is 1. The van der Waals surface area contributed by atoms with Gasteiger partial charge in [0.1, 0.15) is 0 Å². The van der Waals surface area contributed by atoms with Crippen molar-refractivity contribution in [1.82, 2.24) is 15.5 Å². The molecule has 2 saturated heterocycles. The van der Waals surface area contributed by atoms with Crippen LogP contribution in [0.5, 0.6) is 0 Å². The summed E-state index contributed by atoms with van der Waals surface area (Å²) in [6.07, 6.45) is 6.43. The molecule has 1 aromatic rings. The third kappa shape index (κ3) is 4.22. The Bertz CT molecular complexity index is 720. The average molecular weight is 391 g/mol. The predicted octanol–water partition coefficient (Wildman–Crippen LogP) is 2.86. The zero-order valence-corrected chi connectivity index (χ0v) is 16.3. The van der Waals surface area contributed by atoms with Crippen LogP contribution in [0.4, 0.5) is 10.5 Å². The number of carbonyl (C=O) groups is 2. The van der Waals surface area contributed by atoms with Crippen molar-refractivity contribution >= 4 is 29.2 Å². The van der Waals surface area contributed by atoms with E-state index in [0.717, 1.165) is 25.4 Å². The molecule has 3 fully saturated rings. The molecule has 0 aromatic heterocycles. The lowest BCUT2D eigenvalue weighted by Gasteiger charge is -2.20. The number of hydrogen-bond donors (Lipinski definition) is 2. The zero-order chi connectivity index (χ0) is 18.8. The van der Waals surface area contributed by atoms with Gasteiger partial charge in [-0.25, -0.2) is 4.79 Å². The van der Waals surface area contributed by atoms with E-state index in [1.807, 2.05) is 0 Å². The first-order valence-electron chi connectivity index (χ1n) is 9.98. The molecule has 7 heteroatoms. The van der Waals surface area contributed by atoms with Crippen LogP contribution in [0, 0.1) is 5.92 Å². The van der Waals surface area contributed by atoms with Gasteiger partial charge in [-0.2, -0.15) is 0 Å². The number of nitrogens with zero attached hydrogens (tertiary/aromatic N) is 2. The molecule has 2 aliphatic heterocycles. The highest BCUT2D eigenvalue weighted by Crippen LogP contribution is 2.29. The highest BCUT2D eigenvalue weighted by atomic mass is 35.5. The topological polar surface area (TPSA) is 64.7 Å². The fraction of sp³-hybridized carbons (Fsp3) is 0.600. The summed E-state index contributed by atoms with van der Waals surface area (Å²) in [6, 6.07) is 5.15. The van der Waals surface area contributed by atoms with E-state index in [2.05, 4.69) is 15.5 Å². The van der Waals surface area contributed by atoms with Gasteiger partial charge < -0.3 is 15.5 Å². The number of rotatable bonds is 5. The van der Waals surface area contributed by atoms with Gasteiger partial charge in [0, 0.05) is 44.3 Å². The quantitative estimate of drug-likeness (QED) is 0.812. The molecule has 0 spiro atoms. The summed E-state index contributed by atoms with van der Waals surface area (Å²) in [5.41, 5.74) is 1.14. The van der Waals surface area contributed by atoms with Crippen LogP contribution in [0.1, 0.15) is 42.5 Å². The average Bonchev–Trinajstić information content (AvgIpc) is 3.39. The van der Waals surface area contributed by atoms with Crippen LogP contribution >= 0.6 is 11.6 Å². The highest BCUT2D eigenvalue weighted by Gasteiger charge is 2.28. The molecular formula is C20H27ClN4O2. The smallest absolute Gasteiger partial charge is 0.322 e. The van der Waals surface area contributed by atoms with Crippen LogP contribution in [0.3, 0.4) is 0 Å². The summed E-state index contributed by atoms with van der Waals surface area (Å²) in [5.74, 6) is 0.741. The van der Waals surface area contributed by atoms with Gasteiger partial charge in [0.05, 0.1) is 10.7 Å². The van der Waals surface area contributed by atoms with Gasteiger partial charge >= 0.3 is 6.03 Å². The first kappa shape index (κ1) is 18.6. The molecule has 2 N–H and O–H groups in total. The van der Waals surface area contributed by atoms with E-state index in [1.54, 1.807) is 23.1 Å². The van der Waals surface area contributed by atoms with E-state index in [4.69, 9.17) is 11.6 Å². The molecule has 27 heavy (non-hydrogen) atoms. The second-order valence-corrected chi connectivity index (χ2v) is 8.33. The summed E-state index contributed by atoms with van der Waals surface area (Å²) in [6.45, 7) is 4.30. The van der Waals surface area contributed by atoms with Gasteiger partial charge in [0.15, 0.2) is 0 Å². The first-order chi connectivity index (χ1) is 13.1. The molecule has 0 radical (unpaired) electrons. The molecule has 1 aliphatic carbocycles. The van der Waals surface area contributed by atoms with Crippen molar-refractivity contribution in [3.8, 4) is 0 Å². The Kier molecular flexibility index (Phi) is 5.55. The van der Waals surface area contributed by atoms with Crippen molar-refractivity contribution in [3.63, 3.8) is 0 Å². The number of hydrogen-bond acceptors (Lipinski definition) is 3. The molecule has 1 atom stereocenters. The van der Waals surface area contributed by atoms with Crippen molar-refractivity contribution < 1.29 is 9.59 Å². The molecule has 3 aliphatic rings.